The first-order valence-corrected chi connectivity index (χ1v) is 7.64. The normalized spacial score (nSPS) is 22.5. The van der Waals surface area contributed by atoms with Crippen LogP contribution in [0.25, 0.3) is 0 Å². The Labute approximate surface area is 127 Å². The Kier molecular flexibility index (Phi) is 4.89. The zero-order chi connectivity index (χ0) is 15.6. The van der Waals surface area contributed by atoms with Gasteiger partial charge in [0.05, 0.1) is 7.11 Å². The Morgan fingerprint density at radius 3 is 2.71 bits per heavy atom. The first-order valence-electron chi connectivity index (χ1n) is 7.64. The molecule has 0 aliphatic carbocycles. The second kappa shape index (κ2) is 6.32. The van der Waals surface area contributed by atoms with Crippen molar-refractivity contribution in [2.24, 2.45) is 5.92 Å². The molecule has 0 bridgehead atoms. The lowest BCUT2D eigenvalue weighted by Gasteiger charge is -2.47. The van der Waals surface area contributed by atoms with Crippen LogP contribution in [0, 0.1) is 11.7 Å². The Morgan fingerprint density at radius 2 is 2.14 bits per heavy atom. The molecule has 1 saturated heterocycles. The third kappa shape index (κ3) is 3.74. The van der Waals surface area contributed by atoms with E-state index in [2.05, 4.69) is 37.9 Å². The molecule has 2 rings (SSSR count). The predicted octanol–water partition coefficient (Wildman–Crippen LogP) is 3.04. The maximum absolute atomic E-state index is 14.2. The molecule has 1 aliphatic rings. The van der Waals surface area contributed by atoms with Crippen LogP contribution in [0.1, 0.15) is 33.3 Å². The van der Waals surface area contributed by atoms with Crippen LogP contribution in [0.15, 0.2) is 18.2 Å². The van der Waals surface area contributed by atoms with Crippen molar-refractivity contribution in [3.8, 4) is 5.75 Å². The third-order valence-corrected chi connectivity index (χ3v) is 4.50. The Bertz CT molecular complexity index is 488. The number of hydrogen-bond donors (Lipinski definition) is 1. The monoisotopic (exact) mass is 294 g/mol. The summed E-state index contributed by atoms with van der Waals surface area (Å²) in [6.45, 7) is 11.4. The van der Waals surface area contributed by atoms with Crippen molar-refractivity contribution < 1.29 is 9.13 Å². The van der Waals surface area contributed by atoms with Gasteiger partial charge in [0.15, 0.2) is 0 Å². The van der Waals surface area contributed by atoms with Crippen LogP contribution >= 0.6 is 0 Å². The van der Waals surface area contributed by atoms with Crippen molar-refractivity contribution in [3.05, 3.63) is 29.6 Å². The summed E-state index contributed by atoms with van der Waals surface area (Å²) in [5, 5.41) is 3.60. The van der Waals surface area contributed by atoms with Crippen LogP contribution in [0.4, 0.5) is 4.39 Å². The van der Waals surface area contributed by atoms with Crippen molar-refractivity contribution in [1.82, 2.24) is 10.2 Å². The highest BCUT2D eigenvalue weighted by molar-refractivity contribution is 5.29. The molecule has 1 aliphatic heterocycles. The fourth-order valence-electron chi connectivity index (χ4n) is 2.76. The summed E-state index contributed by atoms with van der Waals surface area (Å²) in [4.78, 5) is 2.37. The molecule has 3 nitrogen and oxygen atoms in total. The van der Waals surface area contributed by atoms with Crippen LogP contribution in [0.2, 0.25) is 0 Å². The van der Waals surface area contributed by atoms with E-state index in [1.54, 1.807) is 7.11 Å². The number of nitrogens with zero attached hydrogens (tertiary/aromatic N) is 1. The van der Waals surface area contributed by atoms with Crippen LogP contribution < -0.4 is 10.1 Å². The van der Waals surface area contributed by atoms with Gasteiger partial charge in [0.25, 0.3) is 0 Å². The number of rotatable bonds is 4. The van der Waals surface area contributed by atoms with Gasteiger partial charge in [-0.2, -0.15) is 0 Å². The smallest absolute Gasteiger partial charge is 0.131 e. The van der Waals surface area contributed by atoms with Crippen molar-refractivity contribution in [2.45, 2.75) is 45.8 Å². The van der Waals surface area contributed by atoms with E-state index in [1.807, 2.05) is 12.1 Å². The minimum atomic E-state index is -0.190. The lowest BCUT2D eigenvalue weighted by Crippen LogP contribution is -2.62. The van der Waals surface area contributed by atoms with E-state index in [-0.39, 0.29) is 11.4 Å². The first kappa shape index (κ1) is 16.2. The van der Waals surface area contributed by atoms with Gasteiger partial charge in [-0.15, -0.1) is 0 Å². The second-order valence-corrected chi connectivity index (χ2v) is 6.88. The number of hydrogen-bond acceptors (Lipinski definition) is 3. The number of methoxy groups -OCH3 is 1. The summed E-state index contributed by atoms with van der Waals surface area (Å²) >= 11 is 0. The van der Waals surface area contributed by atoms with Gasteiger partial charge >= 0.3 is 0 Å². The van der Waals surface area contributed by atoms with Gasteiger partial charge in [-0.05, 0) is 25.8 Å². The second-order valence-electron chi connectivity index (χ2n) is 6.88. The van der Waals surface area contributed by atoms with Gasteiger partial charge < -0.3 is 10.1 Å². The van der Waals surface area contributed by atoms with Crippen LogP contribution in [-0.2, 0) is 6.54 Å². The molecule has 1 heterocycles. The molecule has 1 atom stereocenters. The fraction of sp³-hybridized carbons (Fsp3) is 0.647. The van der Waals surface area contributed by atoms with E-state index >= 15 is 0 Å². The molecular formula is C17H27FN2O. The molecule has 21 heavy (non-hydrogen) atoms. The highest BCUT2D eigenvalue weighted by Crippen LogP contribution is 2.25. The van der Waals surface area contributed by atoms with Gasteiger partial charge in [0.2, 0.25) is 0 Å². The Balaban J connectivity index is 2.15. The van der Waals surface area contributed by atoms with Gasteiger partial charge in [-0.25, -0.2) is 4.39 Å². The maximum atomic E-state index is 14.2. The number of ether oxygens (including phenoxy) is 1. The van der Waals surface area contributed by atoms with Crippen LogP contribution in [0.3, 0.4) is 0 Å². The Hall–Kier alpha value is -1.13. The van der Waals surface area contributed by atoms with Gasteiger partial charge in [-0.1, -0.05) is 19.9 Å². The molecule has 0 saturated carbocycles. The van der Waals surface area contributed by atoms with Crippen molar-refractivity contribution in [2.75, 3.05) is 20.2 Å². The highest BCUT2D eigenvalue weighted by Gasteiger charge is 2.35. The predicted molar refractivity (Wildman–Crippen MR) is 84.1 cm³/mol. The minimum Gasteiger partial charge on any atom is -0.497 e. The molecule has 4 heteroatoms. The number of benzene rings is 1. The zero-order valence-corrected chi connectivity index (χ0v) is 13.7. The quantitative estimate of drug-likeness (QED) is 0.924. The molecular weight excluding hydrogens is 267 g/mol. The molecule has 118 valence electrons. The standard InChI is InChI=1S/C17H27FN2O/c1-12(2)16-10-20(17(3,4)11-19-16)9-13-6-7-14(21-5)8-15(13)18/h6-8,12,16,19H,9-11H2,1-5H3. The summed E-state index contributed by atoms with van der Waals surface area (Å²) in [5.74, 6) is 0.949. The third-order valence-electron chi connectivity index (χ3n) is 4.50. The average Bonchev–Trinajstić information content (AvgIpc) is 2.42. The molecule has 0 radical (unpaired) electrons. The van der Waals surface area contributed by atoms with E-state index in [0.29, 0.717) is 24.3 Å². The molecule has 1 aromatic rings. The summed E-state index contributed by atoms with van der Waals surface area (Å²) in [6, 6.07) is 5.58. The van der Waals surface area contributed by atoms with E-state index in [1.165, 1.54) is 6.07 Å². The first-order chi connectivity index (χ1) is 9.83. The number of piperazine rings is 1. The number of halogens is 1. The molecule has 0 aromatic heterocycles. The zero-order valence-electron chi connectivity index (χ0n) is 13.7. The summed E-state index contributed by atoms with van der Waals surface area (Å²) in [5.41, 5.74) is 0.755. The SMILES string of the molecule is COc1ccc(CN2CC(C(C)C)NCC2(C)C)c(F)c1. The molecule has 0 spiro atoms. The minimum absolute atomic E-state index is 0.0256. The van der Waals surface area contributed by atoms with E-state index in [9.17, 15) is 4.39 Å². The molecule has 1 fully saturated rings. The summed E-state index contributed by atoms with van der Waals surface area (Å²) < 4.78 is 19.2. The highest BCUT2D eigenvalue weighted by atomic mass is 19.1. The van der Waals surface area contributed by atoms with Crippen LogP contribution in [-0.4, -0.2) is 36.7 Å². The Morgan fingerprint density at radius 1 is 1.43 bits per heavy atom. The fourth-order valence-corrected chi connectivity index (χ4v) is 2.76. The van der Waals surface area contributed by atoms with Gasteiger partial charge in [0, 0.05) is 42.8 Å². The largest absolute Gasteiger partial charge is 0.497 e. The van der Waals surface area contributed by atoms with Crippen molar-refractivity contribution in [3.63, 3.8) is 0 Å². The summed E-state index contributed by atoms with van der Waals surface area (Å²) in [6.07, 6.45) is 0. The average molecular weight is 294 g/mol. The summed E-state index contributed by atoms with van der Waals surface area (Å²) in [7, 11) is 1.56. The van der Waals surface area contributed by atoms with Crippen molar-refractivity contribution >= 4 is 0 Å². The molecule has 1 N–H and O–H groups in total. The van der Waals surface area contributed by atoms with Gasteiger partial charge in [0.1, 0.15) is 11.6 Å². The van der Waals surface area contributed by atoms with E-state index < -0.39 is 0 Å². The lowest BCUT2D eigenvalue weighted by molar-refractivity contribution is 0.0465. The van der Waals surface area contributed by atoms with E-state index in [4.69, 9.17) is 4.74 Å². The molecule has 0 amide bonds. The van der Waals surface area contributed by atoms with Crippen LogP contribution in [0.5, 0.6) is 5.75 Å². The maximum Gasteiger partial charge on any atom is 0.131 e. The van der Waals surface area contributed by atoms with E-state index in [0.717, 1.165) is 18.7 Å². The van der Waals surface area contributed by atoms with Crippen molar-refractivity contribution in [1.29, 1.82) is 0 Å². The number of nitrogens with one attached hydrogen (secondary N) is 1. The molecule has 1 aromatic carbocycles. The lowest BCUT2D eigenvalue weighted by atomic mass is 9.92. The topological polar surface area (TPSA) is 24.5 Å². The van der Waals surface area contributed by atoms with Gasteiger partial charge in [-0.3, -0.25) is 4.90 Å². The molecule has 1 unspecified atom stereocenters.